The summed E-state index contributed by atoms with van der Waals surface area (Å²) in [6, 6.07) is -0.403. The third kappa shape index (κ3) is 3.60. The van der Waals surface area contributed by atoms with Gasteiger partial charge in [0.2, 0.25) is 5.91 Å². The molecule has 2 heterocycles. The van der Waals surface area contributed by atoms with Gasteiger partial charge in [-0.25, -0.2) is 0 Å². The Balaban J connectivity index is 1.94. The molecule has 0 N–H and O–H groups in total. The van der Waals surface area contributed by atoms with Gasteiger partial charge in [0, 0.05) is 20.2 Å². The number of piperidine rings is 1. The van der Waals surface area contributed by atoms with Crippen LogP contribution >= 0.6 is 0 Å². The van der Waals surface area contributed by atoms with E-state index in [9.17, 15) is 18.0 Å². The van der Waals surface area contributed by atoms with Crippen LogP contribution in [-0.4, -0.2) is 67.3 Å². The van der Waals surface area contributed by atoms with Gasteiger partial charge in [-0.3, -0.25) is 9.69 Å². The number of carbonyl (C=O) groups excluding carboxylic acids is 1. The van der Waals surface area contributed by atoms with Crippen LogP contribution in [0.5, 0.6) is 0 Å². The highest BCUT2D eigenvalue weighted by molar-refractivity contribution is 5.84. The van der Waals surface area contributed by atoms with Crippen molar-refractivity contribution in [1.29, 1.82) is 0 Å². The number of hydrogen-bond acceptors (Lipinski definition) is 3. The Kier molecular flexibility index (Phi) is 4.35. The number of halogens is 3. The second kappa shape index (κ2) is 5.66. The highest BCUT2D eigenvalue weighted by atomic mass is 19.4. The van der Waals surface area contributed by atoms with Crippen molar-refractivity contribution in [2.45, 2.75) is 37.6 Å². The molecule has 0 unspecified atom stereocenters. The van der Waals surface area contributed by atoms with Gasteiger partial charge in [0.15, 0.2) is 0 Å². The summed E-state index contributed by atoms with van der Waals surface area (Å²) in [6.45, 7) is 0.448. The molecule has 2 saturated heterocycles. The molecule has 4 nitrogen and oxygen atoms in total. The molecular formula is C12H19F3N2O2. The Bertz CT molecular complexity index is 335. The first-order valence-electron chi connectivity index (χ1n) is 6.53. The van der Waals surface area contributed by atoms with Crippen molar-refractivity contribution in [3.8, 4) is 0 Å². The predicted molar refractivity (Wildman–Crippen MR) is 62.6 cm³/mol. The van der Waals surface area contributed by atoms with E-state index in [4.69, 9.17) is 4.74 Å². The van der Waals surface area contributed by atoms with Gasteiger partial charge in [-0.1, -0.05) is 0 Å². The van der Waals surface area contributed by atoms with Crippen LogP contribution in [0.25, 0.3) is 0 Å². The number of carbonyl (C=O) groups is 1. The molecule has 2 rings (SSSR count). The van der Waals surface area contributed by atoms with Crippen molar-refractivity contribution in [2.75, 3.05) is 33.3 Å². The van der Waals surface area contributed by atoms with Gasteiger partial charge in [0.1, 0.15) is 6.54 Å². The number of ether oxygens (including phenoxy) is 1. The summed E-state index contributed by atoms with van der Waals surface area (Å²) in [5, 5.41) is 0. The minimum Gasteiger partial charge on any atom is -0.380 e. The second-order valence-electron chi connectivity index (χ2n) is 5.17. The van der Waals surface area contributed by atoms with E-state index in [0.717, 1.165) is 24.3 Å². The molecule has 0 aromatic rings. The third-order valence-corrected chi connectivity index (χ3v) is 3.82. The normalized spacial score (nSPS) is 30.1. The average Bonchev–Trinajstić information content (AvgIpc) is 2.69. The maximum atomic E-state index is 12.3. The summed E-state index contributed by atoms with van der Waals surface area (Å²) in [6.07, 6.45) is -1.90. The molecule has 0 radical (unpaired) electrons. The number of amides is 1. The van der Waals surface area contributed by atoms with E-state index < -0.39 is 24.7 Å². The van der Waals surface area contributed by atoms with E-state index in [1.165, 1.54) is 0 Å². The van der Waals surface area contributed by atoms with E-state index in [2.05, 4.69) is 0 Å². The van der Waals surface area contributed by atoms with Gasteiger partial charge < -0.3 is 9.64 Å². The van der Waals surface area contributed by atoms with Crippen LogP contribution in [0.3, 0.4) is 0 Å². The Morgan fingerprint density at radius 2 is 2.05 bits per heavy atom. The number of nitrogens with zero attached hydrogens (tertiary/aromatic N) is 2. The summed E-state index contributed by atoms with van der Waals surface area (Å²) in [5.74, 6) is -0.394. The van der Waals surface area contributed by atoms with Crippen molar-refractivity contribution >= 4 is 5.91 Å². The molecule has 0 aliphatic carbocycles. The Morgan fingerprint density at radius 1 is 1.32 bits per heavy atom. The molecule has 7 heteroatoms. The first-order valence-corrected chi connectivity index (χ1v) is 6.53. The number of hydrogen-bond donors (Lipinski definition) is 0. The van der Waals surface area contributed by atoms with Crippen molar-refractivity contribution in [2.24, 2.45) is 0 Å². The summed E-state index contributed by atoms with van der Waals surface area (Å²) in [5.41, 5.74) is 0. The zero-order chi connectivity index (χ0) is 14.0. The maximum absolute atomic E-state index is 12.3. The summed E-state index contributed by atoms with van der Waals surface area (Å²) >= 11 is 0. The first kappa shape index (κ1) is 14.6. The van der Waals surface area contributed by atoms with Crippen LogP contribution in [0.2, 0.25) is 0 Å². The van der Waals surface area contributed by atoms with Gasteiger partial charge in [0.25, 0.3) is 0 Å². The van der Waals surface area contributed by atoms with E-state index in [1.54, 1.807) is 7.11 Å². The fourth-order valence-corrected chi connectivity index (χ4v) is 2.88. The SMILES string of the molecule is CO[C@H]1CCCN([C@@H]2CCN(CC(F)(F)F)C2=O)C1. The molecule has 2 fully saturated rings. The monoisotopic (exact) mass is 280 g/mol. The Labute approximate surface area is 110 Å². The van der Waals surface area contributed by atoms with Crippen LogP contribution in [0.1, 0.15) is 19.3 Å². The molecule has 2 atom stereocenters. The Morgan fingerprint density at radius 3 is 2.68 bits per heavy atom. The lowest BCUT2D eigenvalue weighted by Crippen LogP contribution is -2.49. The van der Waals surface area contributed by atoms with E-state index in [1.807, 2.05) is 4.90 Å². The van der Waals surface area contributed by atoms with E-state index in [-0.39, 0.29) is 12.6 Å². The summed E-state index contributed by atoms with van der Waals surface area (Å²) in [4.78, 5) is 14.9. The summed E-state index contributed by atoms with van der Waals surface area (Å²) in [7, 11) is 1.63. The van der Waals surface area contributed by atoms with Crippen molar-refractivity contribution < 1.29 is 22.7 Å². The van der Waals surface area contributed by atoms with Gasteiger partial charge >= 0.3 is 6.18 Å². The topological polar surface area (TPSA) is 32.8 Å². The predicted octanol–water partition coefficient (Wildman–Crippen LogP) is 1.26. The molecule has 110 valence electrons. The molecule has 2 aliphatic heterocycles. The minimum absolute atomic E-state index is 0.0817. The molecule has 0 aromatic carbocycles. The fraction of sp³-hybridized carbons (Fsp3) is 0.917. The molecule has 0 saturated carbocycles. The van der Waals surface area contributed by atoms with Crippen LogP contribution in [0.15, 0.2) is 0 Å². The highest BCUT2D eigenvalue weighted by Crippen LogP contribution is 2.25. The standard InChI is InChI=1S/C12H19F3N2O2/c1-19-9-3-2-5-16(7-9)10-4-6-17(11(10)18)8-12(13,14)15/h9-10H,2-8H2,1H3/t9-,10+/m0/s1. The maximum Gasteiger partial charge on any atom is 0.406 e. The average molecular weight is 280 g/mol. The largest absolute Gasteiger partial charge is 0.406 e. The van der Waals surface area contributed by atoms with Crippen LogP contribution in [-0.2, 0) is 9.53 Å². The zero-order valence-corrected chi connectivity index (χ0v) is 10.9. The molecule has 19 heavy (non-hydrogen) atoms. The number of rotatable bonds is 3. The van der Waals surface area contributed by atoms with Gasteiger partial charge in [-0.2, -0.15) is 13.2 Å². The van der Waals surface area contributed by atoms with E-state index in [0.29, 0.717) is 13.0 Å². The van der Waals surface area contributed by atoms with Gasteiger partial charge in [-0.15, -0.1) is 0 Å². The second-order valence-corrected chi connectivity index (χ2v) is 5.17. The smallest absolute Gasteiger partial charge is 0.380 e. The lowest BCUT2D eigenvalue weighted by atomic mass is 10.1. The van der Waals surface area contributed by atoms with Crippen molar-refractivity contribution in [1.82, 2.24) is 9.80 Å². The van der Waals surface area contributed by atoms with Crippen LogP contribution in [0.4, 0.5) is 13.2 Å². The van der Waals surface area contributed by atoms with E-state index >= 15 is 0 Å². The minimum atomic E-state index is -4.32. The van der Waals surface area contributed by atoms with Gasteiger partial charge in [0.05, 0.1) is 12.1 Å². The first-order chi connectivity index (χ1) is 8.90. The number of methoxy groups -OCH3 is 1. The molecule has 0 spiro atoms. The molecule has 1 amide bonds. The molecule has 2 aliphatic rings. The number of likely N-dealkylation sites (tertiary alicyclic amines) is 2. The number of alkyl halides is 3. The third-order valence-electron chi connectivity index (χ3n) is 3.82. The molecule has 0 bridgehead atoms. The zero-order valence-electron chi connectivity index (χ0n) is 10.9. The van der Waals surface area contributed by atoms with Crippen molar-refractivity contribution in [3.63, 3.8) is 0 Å². The van der Waals surface area contributed by atoms with Crippen LogP contribution < -0.4 is 0 Å². The summed E-state index contributed by atoms with van der Waals surface area (Å²) < 4.78 is 42.3. The van der Waals surface area contributed by atoms with Crippen molar-refractivity contribution in [3.05, 3.63) is 0 Å². The Hall–Kier alpha value is -0.820. The lowest BCUT2D eigenvalue weighted by Gasteiger charge is -2.35. The highest BCUT2D eigenvalue weighted by Gasteiger charge is 2.42. The quantitative estimate of drug-likeness (QED) is 0.780. The van der Waals surface area contributed by atoms with Gasteiger partial charge in [-0.05, 0) is 25.8 Å². The van der Waals surface area contributed by atoms with Crippen LogP contribution in [0, 0.1) is 0 Å². The lowest BCUT2D eigenvalue weighted by molar-refractivity contribution is -0.159. The molecular weight excluding hydrogens is 261 g/mol. The fourth-order valence-electron chi connectivity index (χ4n) is 2.88. The molecule has 0 aromatic heterocycles.